The Kier molecular flexibility index (Phi) is 3.63. The number of rotatable bonds is 4. The van der Waals surface area contributed by atoms with E-state index in [2.05, 4.69) is 0 Å². The Balaban J connectivity index is 3.18. The summed E-state index contributed by atoms with van der Waals surface area (Å²) in [5.74, 6) is -2.86. The molecule has 0 saturated carbocycles. The summed E-state index contributed by atoms with van der Waals surface area (Å²) in [4.78, 5) is 0. The molecule has 0 saturated heterocycles. The van der Waals surface area contributed by atoms with Gasteiger partial charge >= 0.3 is 0 Å². The highest BCUT2D eigenvalue weighted by atomic mass is 19.3. The Morgan fingerprint density at radius 1 is 1.40 bits per heavy atom. The first-order valence-corrected chi connectivity index (χ1v) is 4.65. The van der Waals surface area contributed by atoms with Gasteiger partial charge in [0.15, 0.2) is 0 Å². The van der Waals surface area contributed by atoms with Crippen molar-refractivity contribution in [3.8, 4) is 5.75 Å². The summed E-state index contributed by atoms with van der Waals surface area (Å²) in [6.45, 7) is 1.15. The zero-order valence-electron chi connectivity index (χ0n) is 8.76. The largest absolute Gasteiger partial charge is 0.496 e. The molecule has 0 bridgehead atoms. The molecule has 0 atom stereocenters. The standard InChI is InChI=1S/C11H14F2O2/c1-8-4-3-5-9(10(8)15-2)11(12,13)6-7-14/h3-5,14H,6-7H2,1-2H3. The molecule has 1 rings (SSSR count). The Bertz CT molecular complexity index is 337. The molecule has 15 heavy (non-hydrogen) atoms. The Morgan fingerprint density at radius 3 is 2.60 bits per heavy atom. The SMILES string of the molecule is COc1c(C)cccc1C(F)(F)CCO. The van der Waals surface area contributed by atoms with Gasteiger partial charge in [-0.15, -0.1) is 0 Å². The molecule has 0 heterocycles. The summed E-state index contributed by atoms with van der Waals surface area (Å²) in [7, 11) is 1.36. The van der Waals surface area contributed by atoms with Crippen LogP contribution in [0.3, 0.4) is 0 Å². The van der Waals surface area contributed by atoms with Gasteiger partial charge in [0.25, 0.3) is 5.92 Å². The van der Waals surface area contributed by atoms with Gasteiger partial charge in [-0.2, -0.15) is 0 Å². The monoisotopic (exact) mass is 216 g/mol. The molecule has 0 aliphatic heterocycles. The number of aliphatic hydroxyl groups is 1. The van der Waals surface area contributed by atoms with E-state index in [1.807, 2.05) is 0 Å². The van der Waals surface area contributed by atoms with Gasteiger partial charge in [-0.1, -0.05) is 12.1 Å². The van der Waals surface area contributed by atoms with E-state index in [0.717, 1.165) is 0 Å². The predicted molar refractivity (Wildman–Crippen MR) is 53.3 cm³/mol. The Morgan fingerprint density at radius 2 is 2.07 bits per heavy atom. The van der Waals surface area contributed by atoms with Gasteiger partial charge in [0.1, 0.15) is 5.75 Å². The summed E-state index contributed by atoms with van der Waals surface area (Å²) in [6.07, 6.45) is -0.590. The molecular formula is C11H14F2O2. The van der Waals surface area contributed by atoms with Crippen molar-refractivity contribution in [2.45, 2.75) is 19.3 Å². The minimum absolute atomic E-state index is 0.168. The smallest absolute Gasteiger partial charge is 0.279 e. The molecule has 1 N–H and O–H groups in total. The van der Waals surface area contributed by atoms with Crippen LogP contribution in [0.4, 0.5) is 8.78 Å². The van der Waals surface area contributed by atoms with Crippen LogP contribution in [0.15, 0.2) is 18.2 Å². The van der Waals surface area contributed by atoms with Crippen LogP contribution < -0.4 is 4.74 Å². The lowest BCUT2D eigenvalue weighted by molar-refractivity contribution is -0.0288. The Hall–Kier alpha value is -1.16. The molecule has 0 unspecified atom stereocenters. The highest BCUT2D eigenvalue weighted by Gasteiger charge is 2.34. The van der Waals surface area contributed by atoms with Crippen molar-refractivity contribution in [2.24, 2.45) is 0 Å². The number of aliphatic hydroxyl groups excluding tert-OH is 1. The fourth-order valence-electron chi connectivity index (χ4n) is 1.49. The van der Waals surface area contributed by atoms with Crippen molar-refractivity contribution < 1.29 is 18.6 Å². The second-order valence-corrected chi connectivity index (χ2v) is 3.33. The third-order valence-corrected chi connectivity index (χ3v) is 2.24. The van der Waals surface area contributed by atoms with Gasteiger partial charge < -0.3 is 9.84 Å². The number of para-hydroxylation sites is 1. The first-order valence-electron chi connectivity index (χ1n) is 4.65. The fourth-order valence-corrected chi connectivity index (χ4v) is 1.49. The van der Waals surface area contributed by atoms with Gasteiger partial charge in [-0.25, -0.2) is 8.78 Å². The van der Waals surface area contributed by atoms with Crippen molar-refractivity contribution in [1.82, 2.24) is 0 Å². The van der Waals surface area contributed by atoms with Crippen LogP contribution in [0.25, 0.3) is 0 Å². The van der Waals surface area contributed by atoms with E-state index in [1.165, 1.54) is 13.2 Å². The van der Waals surface area contributed by atoms with Crippen molar-refractivity contribution in [2.75, 3.05) is 13.7 Å². The summed E-state index contributed by atoms with van der Waals surface area (Å²) in [6, 6.07) is 4.58. The van der Waals surface area contributed by atoms with Crippen molar-refractivity contribution >= 4 is 0 Å². The molecule has 0 aliphatic carbocycles. The molecule has 0 fully saturated rings. The van der Waals surface area contributed by atoms with Crippen molar-refractivity contribution in [3.63, 3.8) is 0 Å². The molecule has 0 spiro atoms. The molecule has 1 aromatic carbocycles. The van der Waals surface area contributed by atoms with Gasteiger partial charge in [-0.05, 0) is 18.6 Å². The number of hydrogen-bond donors (Lipinski definition) is 1. The van der Waals surface area contributed by atoms with E-state index in [4.69, 9.17) is 9.84 Å². The van der Waals surface area contributed by atoms with E-state index in [-0.39, 0.29) is 11.3 Å². The molecule has 0 aromatic heterocycles. The van der Waals surface area contributed by atoms with Crippen LogP contribution in [0.1, 0.15) is 17.5 Å². The zero-order chi connectivity index (χ0) is 11.5. The summed E-state index contributed by atoms with van der Waals surface area (Å²) in [5.41, 5.74) is 0.492. The molecule has 0 radical (unpaired) electrons. The topological polar surface area (TPSA) is 29.5 Å². The van der Waals surface area contributed by atoms with Gasteiger partial charge in [0.05, 0.1) is 12.7 Å². The molecule has 0 aliphatic rings. The quantitative estimate of drug-likeness (QED) is 0.837. The first kappa shape index (κ1) is 11.9. The summed E-state index contributed by atoms with van der Waals surface area (Å²) >= 11 is 0. The lowest BCUT2D eigenvalue weighted by Crippen LogP contribution is -2.16. The van der Waals surface area contributed by atoms with Crippen LogP contribution in [-0.2, 0) is 5.92 Å². The lowest BCUT2D eigenvalue weighted by Gasteiger charge is -2.19. The number of alkyl halides is 2. The van der Waals surface area contributed by atoms with Gasteiger partial charge in [0.2, 0.25) is 0 Å². The highest BCUT2D eigenvalue weighted by Crippen LogP contribution is 2.38. The number of hydrogen-bond acceptors (Lipinski definition) is 2. The van der Waals surface area contributed by atoms with Crippen molar-refractivity contribution in [3.05, 3.63) is 29.3 Å². The lowest BCUT2D eigenvalue weighted by atomic mass is 10.0. The van der Waals surface area contributed by atoms with Crippen LogP contribution in [-0.4, -0.2) is 18.8 Å². The first-order chi connectivity index (χ1) is 7.03. The molecule has 1 aromatic rings. The van der Waals surface area contributed by atoms with Crippen LogP contribution in [0.5, 0.6) is 5.75 Å². The third-order valence-electron chi connectivity index (χ3n) is 2.24. The molecule has 84 valence electrons. The Labute approximate surface area is 87.5 Å². The highest BCUT2D eigenvalue weighted by molar-refractivity contribution is 5.43. The van der Waals surface area contributed by atoms with Gasteiger partial charge in [0, 0.05) is 13.0 Å². The van der Waals surface area contributed by atoms with E-state index >= 15 is 0 Å². The number of halogens is 2. The minimum Gasteiger partial charge on any atom is -0.496 e. The van der Waals surface area contributed by atoms with Crippen LogP contribution in [0.2, 0.25) is 0 Å². The van der Waals surface area contributed by atoms with E-state index < -0.39 is 19.0 Å². The maximum atomic E-state index is 13.5. The van der Waals surface area contributed by atoms with Gasteiger partial charge in [-0.3, -0.25) is 0 Å². The third kappa shape index (κ3) is 2.45. The van der Waals surface area contributed by atoms with E-state index in [9.17, 15) is 8.78 Å². The normalized spacial score (nSPS) is 11.5. The number of methoxy groups -OCH3 is 1. The van der Waals surface area contributed by atoms with E-state index in [0.29, 0.717) is 5.56 Å². The number of aryl methyl sites for hydroxylation is 1. The average molecular weight is 216 g/mol. The van der Waals surface area contributed by atoms with E-state index in [1.54, 1.807) is 19.1 Å². The second kappa shape index (κ2) is 4.57. The average Bonchev–Trinajstić information content (AvgIpc) is 2.17. The summed E-state index contributed by atoms with van der Waals surface area (Å²) < 4.78 is 32.0. The maximum absolute atomic E-state index is 13.5. The predicted octanol–water partition coefficient (Wildman–Crippen LogP) is 2.48. The molecule has 0 amide bonds. The molecular weight excluding hydrogens is 202 g/mol. The van der Waals surface area contributed by atoms with Crippen LogP contribution in [0, 0.1) is 6.92 Å². The summed E-state index contributed by atoms with van der Waals surface area (Å²) in [5, 5.41) is 8.58. The minimum atomic E-state index is -3.05. The van der Waals surface area contributed by atoms with Crippen LogP contribution >= 0.6 is 0 Å². The zero-order valence-corrected chi connectivity index (χ0v) is 8.76. The fraction of sp³-hybridized carbons (Fsp3) is 0.455. The van der Waals surface area contributed by atoms with Crippen molar-refractivity contribution in [1.29, 1.82) is 0 Å². The maximum Gasteiger partial charge on any atom is 0.279 e. The number of benzene rings is 1. The molecule has 4 heteroatoms. The number of ether oxygens (including phenoxy) is 1. The molecule has 2 nitrogen and oxygen atoms in total. The second-order valence-electron chi connectivity index (χ2n) is 3.33.